The zero-order chi connectivity index (χ0) is 26.1. The molecule has 2 rings (SSSR count). The number of ether oxygens (including phenoxy) is 2. The first-order chi connectivity index (χ1) is 15.6. The van der Waals surface area contributed by atoms with Crippen LogP contribution in [-0.2, 0) is 19.6 Å². The summed E-state index contributed by atoms with van der Waals surface area (Å²) in [5.74, 6) is -0.377. The highest BCUT2D eigenvalue weighted by atomic mass is 32.2. The van der Waals surface area contributed by atoms with E-state index in [1.54, 1.807) is 57.2 Å². The Morgan fingerprint density at radius 3 is 2.00 bits per heavy atom. The minimum absolute atomic E-state index is 0.0649. The number of nitrogens with one attached hydrogen (secondary N) is 1. The summed E-state index contributed by atoms with van der Waals surface area (Å²) in [4.78, 5) is 27.3. The molecule has 2 aromatic carbocycles. The van der Waals surface area contributed by atoms with E-state index in [1.807, 2.05) is 6.92 Å². The summed E-state index contributed by atoms with van der Waals surface area (Å²) in [6.07, 6.45) is -0.690. The average molecular weight is 495 g/mol. The lowest BCUT2D eigenvalue weighted by atomic mass is 10.2. The van der Waals surface area contributed by atoms with Crippen LogP contribution in [0.25, 0.3) is 0 Å². The first-order valence-electron chi connectivity index (χ1n) is 10.0. The van der Waals surface area contributed by atoms with Gasteiger partial charge in [0.2, 0.25) is 0 Å². The fourth-order valence-electron chi connectivity index (χ4n) is 2.20. The lowest BCUT2D eigenvalue weighted by molar-refractivity contribution is -0.136. The quantitative estimate of drug-likeness (QED) is 0.159. The van der Waals surface area contributed by atoms with Gasteiger partial charge in [0.15, 0.2) is 5.96 Å². The van der Waals surface area contributed by atoms with Crippen molar-refractivity contribution in [3.63, 3.8) is 0 Å². The molecule has 11 nitrogen and oxygen atoms in total. The van der Waals surface area contributed by atoms with Gasteiger partial charge in [-0.05, 0) is 71.0 Å². The standard InChI is InChI=1S/C15H22N4O4.C7H8O3S/c1-9(18-14(21)23-15(2,3)4)12(20)22-11-7-5-10(6-8-11)19-13(16)17;1-6-2-4-7(5-3-6)11(8,9)10/h5-9H,1-4H3,(H,18,21)(H4,16,17,19);2-5H,1H3,(H,8,9,10)/t9-;/m0./s1. The highest BCUT2D eigenvalue weighted by molar-refractivity contribution is 7.85. The number of alkyl carbamates (subject to hydrolysis) is 1. The molecule has 0 bridgehead atoms. The van der Waals surface area contributed by atoms with Crippen molar-refractivity contribution < 1.29 is 32.0 Å². The van der Waals surface area contributed by atoms with Gasteiger partial charge in [-0.1, -0.05) is 17.7 Å². The molecule has 186 valence electrons. The van der Waals surface area contributed by atoms with E-state index in [9.17, 15) is 18.0 Å². The molecule has 0 aliphatic rings. The van der Waals surface area contributed by atoms with E-state index in [0.717, 1.165) is 5.56 Å². The normalized spacial score (nSPS) is 11.8. The van der Waals surface area contributed by atoms with E-state index >= 15 is 0 Å². The third kappa shape index (κ3) is 11.3. The molecule has 0 unspecified atom stereocenters. The summed E-state index contributed by atoms with van der Waals surface area (Å²) < 4.78 is 39.8. The molecule has 0 saturated heterocycles. The smallest absolute Gasteiger partial charge is 0.408 e. The van der Waals surface area contributed by atoms with Gasteiger partial charge in [0.05, 0.1) is 10.6 Å². The number of nitrogens with two attached hydrogens (primary N) is 2. The van der Waals surface area contributed by atoms with Crippen molar-refractivity contribution in [3.05, 3.63) is 54.1 Å². The lowest BCUT2D eigenvalue weighted by Crippen LogP contribution is -2.43. The van der Waals surface area contributed by atoms with E-state index in [-0.39, 0.29) is 10.9 Å². The Balaban J connectivity index is 0.000000437. The van der Waals surface area contributed by atoms with Gasteiger partial charge in [0.25, 0.3) is 10.1 Å². The number of nitrogens with zero attached hydrogens (tertiary/aromatic N) is 1. The molecule has 0 saturated carbocycles. The number of hydrogen-bond acceptors (Lipinski definition) is 7. The number of aryl methyl sites for hydroxylation is 1. The van der Waals surface area contributed by atoms with Crippen LogP contribution in [-0.4, -0.2) is 42.6 Å². The number of carbonyl (C=O) groups excluding carboxylic acids is 2. The Morgan fingerprint density at radius 2 is 1.56 bits per heavy atom. The molecular formula is C22H30N4O7S. The third-order valence-electron chi connectivity index (χ3n) is 3.72. The second kappa shape index (κ2) is 12.0. The molecule has 0 spiro atoms. The van der Waals surface area contributed by atoms with E-state index in [2.05, 4.69) is 10.3 Å². The Labute approximate surface area is 198 Å². The van der Waals surface area contributed by atoms with E-state index in [0.29, 0.717) is 11.4 Å². The topological polar surface area (TPSA) is 183 Å². The van der Waals surface area contributed by atoms with Gasteiger partial charge >= 0.3 is 12.1 Å². The molecular weight excluding hydrogens is 464 g/mol. The second-order valence-electron chi connectivity index (χ2n) is 8.11. The molecule has 12 heteroatoms. The van der Waals surface area contributed by atoms with Crippen molar-refractivity contribution in [1.29, 1.82) is 0 Å². The van der Waals surface area contributed by atoms with Gasteiger partial charge in [-0.2, -0.15) is 8.42 Å². The maximum Gasteiger partial charge on any atom is 0.408 e. The van der Waals surface area contributed by atoms with Crippen LogP contribution in [0.5, 0.6) is 5.75 Å². The lowest BCUT2D eigenvalue weighted by Gasteiger charge is -2.21. The van der Waals surface area contributed by atoms with Gasteiger partial charge in [-0.15, -0.1) is 0 Å². The molecule has 0 heterocycles. The Bertz CT molecular complexity index is 1100. The van der Waals surface area contributed by atoms with Crippen molar-refractivity contribution in [1.82, 2.24) is 5.32 Å². The minimum atomic E-state index is -4.02. The highest BCUT2D eigenvalue weighted by Crippen LogP contribution is 2.18. The summed E-state index contributed by atoms with van der Waals surface area (Å²) in [5, 5.41) is 2.40. The van der Waals surface area contributed by atoms with Crippen LogP contribution in [0.2, 0.25) is 0 Å². The summed E-state index contributed by atoms with van der Waals surface area (Å²) in [5.41, 5.74) is 11.4. The minimum Gasteiger partial charge on any atom is -0.444 e. The fourth-order valence-corrected chi connectivity index (χ4v) is 2.68. The van der Waals surface area contributed by atoms with Gasteiger partial charge in [0.1, 0.15) is 17.4 Å². The number of esters is 1. The van der Waals surface area contributed by atoms with Crippen molar-refractivity contribution in [2.45, 2.75) is 51.2 Å². The number of benzene rings is 2. The molecule has 0 fully saturated rings. The molecule has 0 radical (unpaired) electrons. The molecule has 0 aromatic heterocycles. The van der Waals surface area contributed by atoms with E-state index in [4.69, 9.17) is 25.5 Å². The molecule has 6 N–H and O–H groups in total. The Morgan fingerprint density at radius 1 is 1.03 bits per heavy atom. The number of rotatable bonds is 5. The monoisotopic (exact) mass is 494 g/mol. The number of aliphatic imine (C=N–C) groups is 1. The average Bonchev–Trinajstić information content (AvgIpc) is 2.67. The van der Waals surface area contributed by atoms with Crippen LogP contribution in [0.3, 0.4) is 0 Å². The van der Waals surface area contributed by atoms with Crippen LogP contribution >= 0.6 is 0 Å². The number of carbonyl (C=O) groups is 2. The van der Waals surface area contributed by atoms with Gasteiger partial charge in [-0.25, -0.2) is 14.6 Å². The van der Waals surface area contributed by atoms with Crippen molar-refractivity contribution in [2.24, 2.45) is 16.5 Å². The number of guanidine groups is 1. The van der Waals surface area contributed by atoms with Crippen LogP contribution in [0.15, 0.2) is 58.4 Å². The van der Waals surface area contributed by atoms with Gasteiger partial charge in [0, 0.05) is 0 Å². The summed E-state index contributed by atoms with van der Waals surface area (Å²) in [6.45, 7) is 8.53. The predicted octanol–water partition coefficient (Wildman–Crippen LogP) is 2.65. The summed E-state index contributed by atoms with van der Waals surface area (Å²) >= 11 is 0. The molecule has 0 aliphatic heterocycles. The van der Waals surface area contributed by atoms with E-state index in [1.165, 1.54) is 19.1 Å². The zero-order valence-electron chi connectivity index (χ0n) is 19.6. The first-order valence-corrected chi connectivity index (χ1v) is 11.5. The summed E-state index contributed by atoms with van der Waals surface area (Å²) in [7, 11) is -4.02. The SMILES string of the molecule is C[C@H](NC(=O)OC(C)(C)C)C(=O)Oc1ccc(N=C(N)N)cc1.Cc1ccc(S(=O)(=O)O)cc1. The number of amides is 1. The van der Waals surface area contributed by atoms with Gasteiger partial charge < -0.3 is 26.3 Å². The molecule has 0 aliphatic carbocycles. The molecule has 1 amide bonds. The Kier molecular flexibility index (Phi) is 10.0. The second-order valence-corrected chi connectivity index (χ2v) is 9.53. The molecule has 2 aromatic rings. The third-order valence-corrected chi connectivity index (χ3v) is 4.59. The fraction of sp³-hybridized carbons (Fsp3) is 0.318. The highest BCUT2D eigenvalue weighted by Gasteiger charge is 2.22. The molecule has 1 atom stereocenters. The van der Waals surface area contributed by atoms with Gasteiger partial charge in [-0.3, -0.25) is 4.55 Å². The van der Waals surface area contributed by atoms with Crippen LogP contribution < -0.4 is 21.5 Å². The largest absolute Gasteiger partial charge is 0.444 e. The number of hydrogen-bond donors (Lipinski definition) is 4. The predicted molar refractivity (Wildman–Crippen MR) is 127 cm³/mol. The van der Waals surface area contributed by atoms with Crippen LogP contribution in [0, 0.1) is 6.92 Å². The summed E-state index contributed by atoms with van der Waals surface area (Å²) in [6, 6.07) is 11.4. The van der Waals surface area contributed by atoms with E-state index < -0.39 is 33.8 Å². The zero-order valence-corrected chi connectivity index (χ0v) is 20.4. The maximum atomic E-state index is 11.9. The van der Waals surface area contributed by atoms with Crippen molar-refractivity contribution in [3.8, 4) is 5.75 Å². The maximum absolute atomic E-state index is 11.9. The van der Waals surface area contributed by atoms with Crippen LogP contribution in [0.4, 0.5) is 10.5 Å². The van der Waals surface area contributed by atoms with Crippen LogP contribution in [0.1, 0.15) is 33.3 Å². The molecule has 34 heavy (non-hydrogen) atoms. The first kappa shape index (κ1) is 28.4. The Hall–Kier alpha value is -3.64. The van der Waals surface area contributed by atoms with Crippen molar-refractivity contribution in [2.75, 3.05) is 0 Å². The van der Waals surface area contributed by atoms with Crippen molar-refractivity contribution >= 4 is 33.8 Å².